The Hall–Kier alpha value is -1.60. The highest BCUT2D eigenvalue weighted by Crippen LogP contribution is 2.45. The number of benzene rings is 1. The van der Waals surface area contributed by atoms with Crippen molar-refractivity contribution in [3.8, 4) is 0 Å². The van der Waals surface area contributed by atoms with Gasteiger partial charge in [0.05, 0.1) is 23.3 Å². The zero-order valence-electron chi connectivity index (χ0n) is 16.3. The summed E-state index contributed by atoms with van der Waals surface area (Å²) in [5, 5.41) is 7.59. The number of nitrogens with one attached hydrogen (secondary N) is 2. The number of esters is 1. The molecule has 0 unspecified atom stereocenters. The van der Waals surface area contributed by atoms with E-state index in [0.29, 0.717) is 22.0 Å². The van der Waals surface area contributed by atoms with Crippen molar-refractivity contribution in [1.82, 2.24) is 5.32 Å². The Bertz CT molecular complexity index is 967. The molecular formula is C20H22Cl2N2O3S. The third-order valence-electron chi connectivity index (χ3n) is 4.64. The van der Waals surface area contributed by atoms with Crippen LogP contribution in [0.1, 0.15) is 58.9 Å². The molecule has 0 radical (unpaired) electrons. The number of thiophene rings is 1. The van der Waals surface area contributed by atoms with Crippen molar-refractivity contribution in [3.05, 3.63) is 49.8 Å². The van der Waals surface area contributed by atoms with Crippen molar-refractivity contribution in [2.75, 3.05) is 12.4 Å². The van der Waals surface area contributed by atoms with Gasteiger partial charge in [0.2, 0.25) is 0 Å². The van der Waals surface area contributed by atoms with E-state index in [1.807, 2.05) is 0 Å². The maximum Gasteiger partial charge on any atom is 0.341 e. The molecule has 3 rings (SSSR count). The van der Waals surface area contributed by atoms with Crippen LogP contribution in [0.5, 0.6) is 0 Å². The first kappa shape index (κ1) is 21.1. The topological polar surface area (TPSA) is 67.4 Å². The van der Waals surface area contributed by atoms with Gasteiger partial charge in [-0.1, -0.05) is 23.2 Å². The smallest absolute Gasteiger partial charge is 0.341 e. The third kappa shape index (κ3) is 3.92. The summed E-state index contributed by atoms with van der Waals surface area (Å²) in [6.45, 7) is 8.29. The molecule has 2 aromatic rings. The largest absolute Gasteiger partial charge is 0.465 e. The Morgan fingerprint density at radius 3 is 2.50 bits per heavy atom. The number of hydrogen-bond acceptors (Lipinski definition) is 5. The van der Waals surface area contributed by atoms with E-state index >= 15 is 0 Å². The van der Waals surface area contributed by atoms with Crippen LogP contribution in [0.15, 0.2) is 18.2 Å². The quantitative estimate of drug-likeness (QED) is 0.639. The molecule has 2 heterocycles. The summed E-state index contributed by atoms with van der Waals surface area (Å²) >= 11 is 13.5. The van der Waals surface area contributed by atoms with E-state index in [4.69, 9.17) is 27.9 Å². The van der Waals surface area contributed by atoms with Crippen LogP contribution in [0.4, 0.5) is 5.00 Å². The number of hydrogen-bond donors (Lipinski definition) is 2. The van der Waals surface area contributed by atoms with Gasteiger partial charge in [0.1, 0.15) is 5.00 Å². The van der Waals surface area contributed by atoms with Gasteiger partial charge in [0, 0.05) is 21.0 Å². The Morgan fingerprint density at radius 1 is 1.21 bits per heavy atom. The highest BCUT2D eigenvalue weighted by Gasteiger charge is 2.42. The molecular weight excluding hydrogens is 419 g/mol. The third-order valence-corrected chi connectivity index (χ3v) is 6.66. The van der Waals surface area contributed by atoms with Gasteiger partial charge >= 0.3 is 5.97 Å². The number of carbonyl (C=O) groups is 2. The van der Waals surface area contributed by atoms with E-state index in [9.17, 15) is 9.59 Å². The first-order chi connectivity index (χ1) is 12.9. The van der Waals surface area contributed by atoms with Gasteiger partial charge in [-0.3, -0.25) is 4.79 Å². The van der Waals surface area contributed by atoms with Crippen LogP contribution in [-0.2, 0) is 16.7 Å². The second-order valence-electron chi connectivity index (χ2n) is 7.99. The van der Waals surface area contributed by atoms with E-state index in [2.05, 4.69) is 38.3 Å². The Morgan fingerprint density at radius 2 is 1.89 bits per heavy atom. The molecule has 0 spiro atoms. The number of anilines is 1. The first-order valence-electron chi connectivity index (χ1n) is 8.75. The molecule has 150 valence electrons. The van der Waals surface area contributed by atoms with Crippen LogP contribution in [-0.4, -0.2) is 24.5 Å². The molecule has 0 saturated heterocycles. The normalized spacial score (nSPS) is 17.0. The standard InChI is InChI=1S/C20H22Cl2N2O3S/c1-19(2)9-12-14(18(26)27-5)17(28-15(12)20(3,4)24-19)23-16(25)11-7-6-10(21)8-13(11)22/h6-8,24H,9H2,1-5H3,(H,23,25). The van der Waals surface area contributed by atoms with Crippen molar-refractivity contribution in [2.24, 2.45) is 0 Å². The lowest BCUT2D eigenvalue weighted by Crippen LogP contribution is -2.55. The molecule has 1 amide bonds. The molecule has 1 aliphatic rings. The van der Waals surface area contributed by atoms with E-state index in [-0.39, 0.29) is 21.7 Å². The van der Waals surface area contributed by atoms with Crippen molar-refractivity contribution >= 4 is 51.4 Å². The average molecular weight is 441 g/mol. The Balaban J connectivity index is 2.08. The zero-order chi connectivity index (χ0) is 20.9. The van der Waals surface area contributed by atoms with E-state index in [0.717, 1.165) is 10.4 Å². The fourth-order valence-electron chi connectivity index (χ4n) is 3.78. The van der Waals surface area contributed by atoms with Crippen LogP contribution in [0.2, 0.25) is 10.0 Å². The summed E-state index contributed by atoms with van der Waals surface area (Å²) < 4.78 is 5.02. The second kappa shape index (κ2) is 7.34. The minimum absolute atomic E-state index is 0.207. The molecule has 1 aliphatic heterocycles. The highest BCUT2D eigenvalue weighted by molar-refractivity contribution is 7.17. The minimum atomic E-state index is -0.469. The minimum Gasteiger partial charge on any atom is -0.465 e. The van der Waals surface area contributed by atoms with Gasteiger partial charge in [-0.25, -0.2) is 4.79 Å². The predicted molar refractivity (Wildman–Crippen MR) is 114 cm³/mol. The van der Waals surface area contributed by atoms with E-state index < -0.39 is 11.9 Å². The fraction of sp³-hybridized carbons (Fsp3) is 0.400. The molecule has 1 aromatic carbocycles. The van der Waals surface area contributed by atoms with Crippen molar-refractivity contribution in [3.63, 3.8) is 0 Å². The average Bonchev–Trinajstić information content (AvgIpc) is 2.90. The number of halogens is 2. The van der Waals surface area contributed by atoms with Crippen LogP contribution in [0, 0.1) is 0 Å². The summed E-state index contributed by atoms with van der Waals surface area (Å²) in [6, 6.07) is 4.66. The Kier molecular flexibility index (Phi) is 5.53. The second-order valence-corrected chi connectivity index (χ2v) is 9.86. The molecule has 0 saturated carbocycles. The van der Waals surface area contributed by atoms with Crippen LogP contribution in [0.25, 0.3) is 0 Å². The highest BCUT2D eigenvalue weighted by atomic mass is 35.5. The molecule has 0 fully saturated rings. The fourth-order valence-corrected chi connectivity index (χ4v) is 5.53. The van der Waals surface area contributed by atoms with Crippen LogP contribution in [0.3, 0.4) is 0 Å². The van der Waals surface area contributed by atoms with E-state index in [1.165, 1.54) is 24.5 Å². The summed E-state index contributed by atoms with van der Waals surface area (Å²) in [5.41, 5.74) is 1.03. The maximum absolute atomic E-state index is 12.8. The lowest BCUT2D eigenvalue weighted by Gasteiger charge is -2.42. The van der Waals surface area contributed by atoms with Crippen LogP contribution >= 0.6 is 34.5 Å². The SMILES string of the molecule is COC(=O)c1c(NC(=O)c2ccc(Cl)cc2Cl)sc2c1CC(C)(C)NC2(C)C. The number of amides is 1. The van der Waals surface area contributed by atoms with Gasteiger partial charge in [-0.15, -0.1) is 11.3 Å². The summed E-state index contributed by atoms with van der Waals surface area (Å²) in [5.74, 6) is -0.876. The van der Waals surface area contributed by atoms with E-state index in [1.54, 1.807) is 12.1 Å². The maximum atomic E-state index is 12.8. The molecule has 2 N–H and O–H groups in total. The number of rotatable bonds is 3. The van der Waals surface area contributed by atoms with Gasteiger partial charge in [0.25, 0.3) is 5.91 Å². The van der Waals surface area contributed by atoms with Gasteiger partial charge in [-0.2, -0.15) is 0 Å². The van der Waals surface area contributed by atoms with Crippen molar-refractivity contribution < 1.29 is 14.3 Å². The molecule has 8 heteroatoms. The van der Waals surface area contributed by atoms with Crippen LogP contribution < -0.4 is 10.6 Å². The zero-order valence-corrected chi connectivity index (χ0v) is 18.7. The number of fused-ring (bicyclic) bond motifs is 1. The van der Waals surface area contributed by atoms with Gasteiger partial charge < -0.3 is 15.4 Å². The molecule has 5 nitrogen and oxygen atoms in total. The Labute approximate surface area is 178 Å². The number of methoxy groups -OCH3 is 1. The molecule has 0 bridgehead atoms. The van der Waals surface area contributed by atoms with Gasteiger partial charge in [-0.05, 0) is 57.9 Å². The summed E-state index contributed by atoms with van der Waals surface area (Å²) in [6.07, 6.45) is 0.643. The molecule has 0 aliphatic carbocycles. The lowest BCUT2D eigenvalue weighted by atomic mass is 9.81. The first-order valence-corrected chi connectivity index (χ1v) is 10.3. The summed E-state index contributed by atoms with van der Waals surface area (Å²) in [4.78, 5) is 26.4. The number of ether oxygens (including phenoxy) is 1. The van der Waals surface area contributed by atoms with Crippen molar-refractivity contribution in [1.29, 1.82) is 0 Å². The molecule has 28 heavy (non-hydrogen) atoms. The molecule has 1 aromatic heterocycles. The monoisotopic (exact) mass is 440 g/mol. The lowest BCUT2D eigenvalue weighted by molar-refractivity contribution is 0.0600. The summed E-state index contributed by atoms with van der Waals surface area (Å²) in [7, 11) is 1.34. The molecule has 0 atom stereocenters. The van der Waals surface area contributed by atoms with Gasteiger partial charge in [0.15, 0.2) is 0 Å². The number of carbonyl (C=O) groups excluding carboxylic acids is 2. The predicted octanol–water partition coefficient (Wildman–Crippen LogP) is 5.25. The van der Waals surface area contributed by atoms with Crippen molar-refractivity contribution in [2.45, 2.75) is 45.2 Å².